The lowest BCUT2D eigenvalue weighted by Gasteiger charge is -2.36. The lowest BCUT2D eigenvalue weighted by Crippen LogP contribution is -2.53. The third kappa shape index (κ3) is 5.76. The fourth-order valence-corrected chi connectivity index (χ4v) is 9.14. The molecule has 1 aromatic carbocycles. The van der Waals surface area contributed by atoms with Crippen LogP contribution < -0.4 is 4.90 Å². The summed E-state index contributed by atoms with van der Waals surface area (Å²) in [5.41, 5.74) is 3.15. The molecule has 1 unspecified atom stereocenters. The zero-order valence-corrected chi connectivity index (χ0v) is 23.8. The molecule has 0 radical (unpaired) electrons. The van der Waals surface area contributed by atoms with E-state index in [1.807, 2.05) is 6.92 Å². The van der Waals surface area contributed by atoms with Crippen molar-refractivity contribution in [2.24, 2.45) is 0 Å². The Balaban J connectivity index is 1.45. The zero-order chi connectivity index (χ0) is 26.0. The molecule has 2 aliphatic rings. The monoisotopic (exact) mass is 562 g/mol. The molecular formula is C26H34N4O4S3. The van der Waals surface area contributed by atoms with E-state index in [0.717, 1.165) is 73.5 Å². The number of aromatic nitrogens is 1. The van der Waals surface area contributed by atoms with Crippen LogP contribution in [-0.4, -0.2) is 80.5 Å². The van der Waals surface area contributed by atoms with Gasteiger partial charge in [-0.05, 0) is 61.7 Å². The maximum atomic E-state index is 14.2. The molecule has 11 heteroatoms. The molecule has 200 valence electrons. The number of anilines is 1. The molecule has 2 saturated heterocycles. The summed E-state index contributed by atoms with van der Waals surface area (Å²) >= 11 is 2.71. The predicted octanol–water partition coefficient (Wildman–Crippen LogP) is 4.27. The van der Waals surface area contributed by atoms with Crippen molar-refractivity contribution in [2.45, 2.75) is 49.8 Å². The van der Waals surface area contributed by atoms with E-state index in [9.17, 15) is 13.2 Å². The number of benzene rings is 1. The van der Waals surface area contributed by atoms with Gasteiger partial charge in [0, 0.05) is 32.7 Å². The van der Waals surface area contributed by atoms with Crippen molar-refractivity contribution in [1.82, 2.24) is 14.2 Å². The molecule has 0 aliphatic carbocycles. The molecule has 1 amide bonds. The van der Waals surface area contributed by atoms with Crippen LogP contribution in [0.15, 0.2) is 33.9 Å². The number of thiophene rings is 1. The number of thiazole rings is 1. The number of aryl methyl sites for hydroxylation is 2. The van der Waals surface area contributed by atoms with Crippen molar-refractivity contribution in [1.29, 1.82) is 0 Å². The number of ether oxygens (including phenoxy) is 1. The summed E-state index contributed by atoms with van der Waals surface area (Å²) < 4.78 is 35.2. The zero-order valence-electron chi connectivity index (χ0n) is 21.4. The molecule has 0 bridgehead atoms. The smallest absolute Gasteiger partial charge is 0.253 e. The molecule has 2 aromatic heterocycles. The van der Waals surface area contributed by atoms with Crippen LogP contribution in [0.4, 0.5) is 5.13 Å². The van der Waals surface area contributed by atoms with Crippen molar-refractivity contribution >= 4 is 54.0 Å². The van der Waals surface area contributed by atoms with Gasteiger partial charge in [0.15, 0.2) is 5.13 Å². The van der Waals surface area contributed by atoms with Gasteiger partial charge in [0.25, 0.3) is 10.0 Å². The minimum Gasteiger partial charge on any atom is -0.379 e. The van der Waals surface area contributed by atoms with E-state index in [1.165, 1.54) is 27.0 Å². The van der Waals surface area contributed by atoms with Gasteiger partial charge in [-0.15, -0.1) is 11.3 Å². The number of sulfonamides is 1. The molecular weight excluding hydrogens is 529 g/mol. The van der Waals surface area contributed by atoms with Crippen LogP contribution in [0.5, 0.6) is 0 Å². The van der Waals surface area contributed by atoms with Crippen LogP contribution in [0, 0.1) is 13.8 Å². The van der Waals surface area contributed by atoms with Crippen LogP contribution >= 0.6 is 22.7 Å². The molecule has 2 aliphatic heterocycles. The summed E-state index contributed by atoms with van der Waals surface area (Å²) in [4.78, 5) is 23.2. The molecule has 1 atom stereocenters. The molecule has 0 N–H and O–H groups in total. The SMILES string of the molecule is Cc1cc(C)c2nc(N(CCCN3CCOCC3)C(=O)C3CCCCN3S(=O)(=O)c3cccs3)sc2c1. The Bertz CT molecular complexity index is 1330. The van der Waals surface area contributed by atoms with Crippen molar-refractivity contribution in [3.8, 4) is 0 Å². The molecule has 8 nitrogen and oxygen atoms in total. The van der Waals surface area contributed by atoms with Crippen LogP contribution in [0.25, 0.3) is 10.2 Å². The summed E-state index contributed by atoms with van der Waals surface area (Å²) in [6.07, 6.45) is 2.88. The van der Waals surface area contributed by atoms with Gasteiger partial charge >= 0.3 is 0 Å². The number of amides is 1. The van der Waals surface area contributed by atoms with Crippen molar-refractivity contribution in [3.63, 3.8) is 0 Å². The van der Waals surface area contributed by atoms with E-state index < -0.39 is 16.1 Å². The lowest BCUT2D eigenvalue weighted by molar-refractivity contribution is -0.123. The van der Waals surface area contributed by atoms with Gasteiger partial charge in [-0.2, -0.15) is 4.31 Å². The Hall–Kier alpha value is -1.89. The summed E-state index contributed by atoms with van der Waals surface area (Å²) in [6.45, 7) is 9.07. The highest BCUT2D eigenvalue weighted by Crippen LogP contribution is 2.34. The number of carbonyl (C=O) groups excluding carboxylic acids is 1. The van der Waals surface area contributed by atoms with Crippen LogP contribution in [0.1, 0.15) is 36.8 Å². The van der Waals surface area contributed by atoms with Gasteiger partial charge in [0.1, 0.15) is 10.3 Å². The number of rotatable bonds is 8. The maximum absolute atomic E-state index is 14.2. The highest BCUT2D eigenvalue weighted by Gasteiger charge is 2.40. The van der Waals surface area contributed by atoms with Crippen LogP contribution in [-0.2, 0) is 19.6 Å². The topological polar surface area (TPSA) is 83.1 Å². The molecule has 0 spiro atoms. The Morgan fingerprint density at radius 2 is 2.00 bits per heavy atom. The molecule has 4 heterocycles. The first-order chi connectivity index (χ1) is 17.8. The number of morpholine rings is 1. The average molecular weight is 563 g/mol. The van der Waals surface area contributed by atoms with Gasteiger partial charge in [-0.3, -0.25) is 14.6 Å². The molecule has 5 rings (SSSR count). The van der Waals surface area contributed by atoms with Gasteiger partial charge in [0.05, 0.1) is 23.4 Å². The fourth-order valence-electron chi connectivity index (χ4n) is 5.20. The number of carbonyl (C=O) groups is 1. The number of nitrogens with zero attached hydrogens (tertiary/aromatic N) is 4. The number of hydrogen-bond acceptors (Lipinski definition) is 8. The normalized spacial score (nSPS) is 19.9. The van der Waals surface area contributed by atoms with E-state index in [2.05, 4.69) is 24.0 Å². The second-order valence-corrected chi connectivity index (χ2v) is 13.9. The minimum atomic E-state index is -3.74. The second kappa shape index (κ2) is 11.5. The summed E-state index contributed by atoms with van der Waals surface area (Å²) in [5, 5.41) is 2.41. The summed E-state index contributed by atoms with van der Waals surface area (Å²) in [7, 11) is -3.74. The standard InChI is InChI=1S/C26H34N4O4S3/c1-19-17-20(2)24-22(18-19)36-26(27-24)29(10-6-9-28-12-14-34-15-13-28)25(31)21-7-3-4-11-30(21)37(32,33)23-8-5-16-35-23/h5,8,16-18,21H,3-4,6-7,9-15H2,1-2H3. The van der Waals surface area contributed by atoms with E-state index in [-0.39, 0.29) is 10.1 Å². The second-order valence-electron chi connectivity index (χ2n) is 9.78. The predicted molar refractivity (Wildman–Crippen MR) is 149 cm³/mol. The number of fused-ring (bicyclic) bond motifs is 1. The highest BCUT2D eigenvalue weighted by atomic mass is 32.2. The highest BCUT2D eigenvalue weighted by molar-refractivity contribution is 7.91. The fraction of sp³-hybridized carbons (Fsp3) is 0.538. The first-order valence-corrected chi connectivity index (χ1v) is 16.0. The quantitative estimate of drug-likeness (QED) is 0.408. The number of hydrogen-bond donors (Lipinski definition) is 0. The third-order valence-corrected chi connectivity index (χ3v) is 11.4. The van der Waals surface area contributed by atoms with E-state index >= 15 is 0 Å². The van der Waals surface area contributed by atoms with Crippen molar-refractivity contribution in [2.75, 3.05) is 50.8 Å². The van der Waals surface area contributed by atoms with Crippen LogP contribution in [0.2, 0.25) is 0 Å². The van der Waals surface area contributed by atoms with Crippen molar-refractivity contribution in [3.05, 3.63) is 40.8 Å². The Morgan fingerprint density at radius 1 is 1.19 bits per heavy atom. The van der Waals surface area contributed by atoms with Crippen molar-refractivity contribution < 1.29 is 17.9 Å². The molecule has 2 fully saturated rings. The van der Waals surface area contributed by atoms with E-state index in [0.29, 0.717) is 24.6 Å². The van der Waals surface area contributed by atoms with Gasteiger partial charge in [-0.1, -0.05) is 29.9 Å². The molecule has 0 saturated carbocycles. The summed E-state index contributed by atoms with van der Waals surface area (Å²) in [6, 6.07) is 6.84. The minimum absolute atomic E-state index is 0.171. The van der Waals surface area contributed by atoms with E-state index in [4.69, 9.17) is 9.72 Å². The van der Waals surface area contributed by atoms with Crippen LogP contribution in [0.3, 0.4) is 0 Å². The Kier molecular flexibility index (Phi) is 8.28. The third-order valence-electron chi connectivity index (χ3n) is 7.07. The first kappa shape index (κ1) is 26.7. The van der Waals surface area contributed by atoms with Gasteiger partial charge < -0.3 is 4.74 Å². The Labute approximate surface area is 226 Å². The largest absolute Gasteiger partial charge is 0.379 e. The Morgan fingerprint density at radius 3 is 2.76 bits per heavy atom. The average Bonchev–Trinajstić information content (AvgIpc) is 3.58. The number of piperidine rings is 1. The lowest BCUT2D eigenvalue weighted by atomic mass is 10.0. The van der Waals surface area contributed by atoms with Gasteiger partial charge in [0.2, 0.25) is 5.91 Å². The molecule has 3 aromatic rings. The maximum Gasteiger partial charge on any atom is 0.253 e. The first-order valence-electron chi connectivity index (χ1n) is 12.9. The molecule has 37 heavy (non-hydrogen) atoms. The van der Waals surface area contributed by atoms with E-state index in [1.54, 1.807) is 22.4 Å². The summed E-state index contributed by atoms with van der Waals surface area (Å²) in [5.74, 6) is -0.171. The van der Waals surface area contributed by atoms with Gasteiger partial charge in [-0.25, -0.2) is 13.4 Å².